The maximum absolute atomic E-state index is 5.39. The Morgan fingerprint density at radius 3 is 2.83 bits per heavy atom. The van der Waals surface area contributed by atoms with E-state index in [1.54, 1.807) is 6.26 Å². The van der Waals surface area contributed by atoms with Gasteiger partial charge in [-0.05, 0) is 25.5 Å². The van der Waals surface area contributed by atoms with Crippen molar-refractivity contribution in [2.75, 3.05) is 45.8 Å². The second-order valence-electron chi connectivity index (χ2n) is 6.89. The molecule has 0 aromatic carbocycles. The lowest BCUT2D eigenvalue weighted by molar-refractivity contribution is 0.0174. The Balaban J connectivity index is 1.52. The highest BCUT2D eigenvalue weighted by Crippen LogP contribution is 2.15. The minimum absolute atomic E-state index is 0.423. The van der Waals surface area contributed by atoms with Crippen LogP contribution >= 0.6 is 0 Å². The van der Waals surface area contributed by atoms with Gasteiger partial charge in [0.25, 0.3) is 0 Å². The Labute approximate surface area is 145 Å². The molecule has 2 N–H and O–H groups in total. The normalized spacial score (nSPS) is 27.9. The van der Waals surface area contributed by atoms with Crippen LogP contribution in [-0.4, -0.2) is 73.7 Å². The van der Waals surface area contributed by atoms with E-state index in [2.05, 4.69) is 34.3 Å². The Kier molecular flexibility index (Phi) is 6.15. The molecular formula is C18H31N5O. The first-order valence-corrected chi connectivity index (χ1v) is 9.28. The van der Waals surface area contributed by atoms with E-state index in [-0.39, 0.29) is 0 Å². The summed E-state index contributed by atoms with van der Waals surface area (Å²) in [5, 5.41) is 6.96. The predicted molar refractivity (Wildman–Crippen MR) is 97.4 cm³/mol. The Bertz CT molecular complexity index is 507. The number of guanidine groups is 1. The molecule has 6 heteroatoms. The smallest absolute Gasteiger partial charge is 0.191 e. The average molecular weight is 333 g/mol. The fraction of sp³-hybridized carbons (Fsp3) is 0.722. The van der Waals surface area contributed by atoms with Crippen molar-refractivity contribution in [1.29, 1.82) is 0 Å². The second kappa shape index (κ2) is 8.53. The lowest BCUT2D eigenvalue weighted by Gasteiger charge is -2.47. The maximum Gasteiger partial charge on any atom is 0.191 e. The van der Waals surface area contributed by atoms with Crippen molar-refractivity contribution >= 4 is 5.96 Å². The molecule has 3 fully saturated rings. The van der Waals surface area contributed by atoms with Gasteiger partial charge in [-0.2, -0.15) is 0 Å². The van der Waals surface area contributed by atoms with Crippen LogP contribution in [0, 0.1) is 0 Å². The molecule has 6 nitrogen and oxygen atoms in total. The minimum atomic E-state index is 0.423. The minimum Gasteiger partial charge on any atom is -0.469 e. The summed E-state index contributed by atoms with van der Waals surface area (Å²) in [5.74, 6) is 1.93. The molecule has 2 bridgehead atoms. The topological polar surface area (TPSA) is 56.0 Å². The van der Waals surface area contributed by atoms with Crippen molar-refractivity contribution in [3.8, 4) is 0 Å². The zero-order valence-electron chi connectivity index (χ0n) is 15.0. The van der Waals surface area contributed by atoms with E-state index in [0.717, 1.165) is 44.2 Å². The van der Waals surface area contributed by atoms with Crippen LogP contribution in [-0.2, 0) is 6.42 Å². The highest BCUT2D eigenvalue weighted by atomic mass is 16.3. The predicted octanol–water partition coefficient (Wildman–Crippen LogP) is 1.16. The van der Waals surface area contributed by atoms with E-state index in [1.807, 2.05) is 12.1 Å². The first-order valence-electron chi connectivity index (χ1n) is 9.28. The molecule has 4 rings (SSSR count). The van der Waals surface area contributed by atoms with Crippen LogP contribution in [0.5, 0.6) is 0 Å². The number of aliphatic imine (C=N–C) groups is 1. The van der Waals surface area contributed by atoms with Crippen LogP contribution in [0.2, 0.25) is 0 Å². The van der Waals surface area contributed by atoms with Gasteiger partial charge in [-0.15, -0.1) is 0 Å². The van der Waals surface area contributed by atoms with Gasteiger partial charge in [-0.3, -0.25) is 14.8 Å². The molecule has 0 spiro atoms. The molecule has 3 saturated heterocycles. The van der Waals surface area contributed by atoms with Crippen molar-refractivity contribution in [2.24, 2.45) is 4.99 Å². The van der Waals surface area contributed by atoms with Crippen molar-refractivity contribution in [3.63, 3.8) is 0 Å². The number of nitrogens with zero attached hydrogens (tertiary/aromatic N) is 3. The van der Waals surface area contributed by atoms with E-state index >= 15 is 0 Å². The number of hydrogen-bond donors (Lipinski definition) is 2. The van der Waals surface area contributed by atoms with Crippen LogP contribution in [0.4, 0.5) is 0 Å². The van der Waals surface area contributed by atoms with Gasteiger partial charge in [-0.1, -0.05) is 6.92 Å². The third kappa shape index (κ3) is 4.74. The number of rotatable bonds is 7. The molecule has 1 aromatic rings. The fourth-order valence-corrected chi connectivity index (χ4v) is 3.34. The van der Waals surface area contributed by atoms with Crippen molar-refractivity contribution in [3.05, 3.63) is 24.2 Å². The van der Waals surface area contributed by atoms with Gasteiger partial charge < -0.3 is 15.1 Å². The summed E-state index contributed by atoms with van der Waals surface area (Å²) < 4.78 is 5.39. The van der Waals surface area contributed by atoms with Crippen LogP contribution in [0.25, 0.3) is 0 Å². The molecule has 2 atom stereocenters. The zero-order valence-corrected chi connectivity index (χ0v) is 15.0. The number of fused-ring (bicyclic) bond motifs is 3. The first-order chi connectivity index (χ1) is 11.7. The second-order valence-corrected chi connectivity index (χ2v) is 6.89. The molecule has 24 heavy (non-hydrogen) atoms. The molecule has 0 aliphatic carbocycles. The third-order valence-corrected chi connectivity index (χ3v) is 5.09. The number of furan rings is 1. The zero-order chi connectivity index (χ0) is 16.8. The Morgan fingerprint density at radius 2 is 2.21 bits per heavy atom. The summed E-state index contributed by atoms with van der Waals surface area (Å²) in [5.41, 5.74) is 0. The van der Waals surface area contributed by atoms with Gasteiger partial charge in [0.15, 0.2) is 5.96 Å². The van der Waals surface area contributed by atoms with Gasteiger partial charge in [0.1, 0.15) is 5.76 Å². The first kappa shape index (κ1) is 17.3. The monoisotopic (exact) mass is 333 g/mol. The number of piperazine rings is 3. The van der Waals surface area contributed by atoms with Gasteiger partial charge in [0.2, 0.25) is 0 Å². The highest BCUT2D eigenvalue weighted by molar-refractivity contribution is 5.80. The lowest BCUT2D eigenvalue weighted by Crippen LogP contribution is -2.62. The summed E-state index contributed by atoms with van der Waals surface area (Å²) >= 11 is 0. The fourth-order valence-electron chi connectivity index (χ4n) is 3.34. The van der Waals surface area contributed by atoms with E-state index in [1.165, 1.54) is 26.2 Å². The van der Waals surface area contributed by atoms with E-state index < -0.39 is 0 Å². The average Bonchev–Trinajstić information content (AvgIpc) is 3.14. The maximum atomic E-state index is 5.39. The Morgan fingerprint density at radius 1 is 1.38 bits per heavy atom. The van der Waals surface area contributed by atoms with Gasteiger partial charge >= 0.3 is 0 Å². The van der Waals surface area contributed by atoms with Crippen LogP contribution in [0.3, 0.4) is 0 Å². The number of hydrogen-bond acceptors (Lipinski definition) is 4. The van der Waals surface area contributed by atoms with E-state index in [0.29, 0.717) is 12.1 Å². The summed E-state index contributed by atoms with van der Waals surface area (Å²) in [6.45, 7) is 12.1. The molecule has 4 heterocycles. The van der Waals surface area contributed by atoms with Crippen LogP contribution < -0.4 is 10.6 Å². The molecular weight excluding hydrogens is 302 g/mol. The largest absolute Gasteiger partial charge is 0.469 e. The van der Waals surface area contributed by atoms with Gasteiger partial charge in [0, 0.05) is 57.8 Å². The van der Waals surface area contributed by atoms with Crippen LogP contribution in [0.1, 0.15) is 26.0 Å². The molecule has 3 aliphatic rings. The molecule has 0 radical (unpaired) electrons. The number of nitrogens with one attached hydrogen (secondary N) is 2. The molecule has 0 saturated carbocycles. The molecule has 2 unspecified atom stereocenters. The van der Waals surface area contributed by atoms with Gasteiger partial charge in [-0.25, -0.2) is 0 Å². The lowest BCUT2D eigenvalue weighted by atomic mass is 10.1. The van der Waals surface area contributed by atoms with Crippen molar-refractivity contribution in [2.45, 2.75) is 38.8 Å². The van der Waals surface area contributed by atoms with Crippen molar-refractivity contribution in [1.82, 2.24) is 20.4 Å². The molecule has 0 amide bonds. The highest BCUT2D eigenvalue weighted by Gasteiger charge is 2.31. The molecule has 3 aliphatic heterocycles. The van der Waals surface area contributed by atoms with Gasteiger partial charge in [0.05, 0.1) is 12.8 Å². The molecule has 1 aromatic heterocycles. The summed E-state index contributed by atoms with van der Waals surface area (Å²) in [6, 6.07) is 4.94. The quantitative estimate of drug-likeness (QED) is 0.579. The summed E-state index contributed by atoms with van der Waals surface area (Å²) in [7, 11) is 0. The van der Waals surface area contributed by atoms with E-state index in [9.17, 15) is 0 Å². The van der Waals surface area contributed by atoms with Crippen LogP contribution in [0.15, 0.2) is 27.8 Å². The SMILES string of the molecule is CCC(C)NC(=NCC1CN2CCN1CC2)NCCc1ccco1. The molecule has 134 valence electrons. The van der Waals surface area contributed by atoms with Crippen molar-refractivity contribution < 1.29 is 4.42 Å². The summed E-state index contributed by atoms with van der Waals surface area (Å²) in [4.78, 5) is 10.0. The Hall–Kier alpha value is -1.53. The third-order valence-electron chi connectivity index (χ3n) is 5.09. The van der Waals surface area contributed by atoms with E-state index in [4.69, 9.17) is 9.41 Å². The standard InChI is InChI=1S/C18H31N5O/c1-3-15(2)21-18(19-7-6-17-5-4-12-24-17)20-13-16-14-22-8-10-23(16)11-9-22/h4-5,12,15-16H,3,6-11,13-14H2,1-2H3,(H2,19,20,21). The summed E-state index contributed by atoms with van der Waals surface area (Å²) in [6.07, 6.45) is 3.68.